The lowest BCUT2D eigenvalue weighted by molar-refractivity contribution is -0.190. The van der Waals surface area contributed by atoms with Gasteiger partial charge in [-0.3, -0.25) is 9.59 Å². The Balaban J connectivity index is 1.12. The number of aromatic amines is 2. The van der Waals surface area contributed by atoms with E-state index in [1.807, 2.05) is 65.8 Å². The van der Waals surface area contributed by atoms with Crippen LogP contribution in [0.5, 0.6) is 0 Å². The third kappa shape index (κ3) is 8.96. The van der Waals surface area contributed by atoms with Crippen LogP contribution in [0.15, 0.2) is 49.1 Å². The maximum absolute atomic E-state index is 13.7. The van der Waals surface area contributed by atoms with E-state index in [1.54, 1.807) is 24.8 Å². The van der Waals surface area contributed by atoms with Gasteiger partial charge in [-0.25, -0.2) is 37.5 Å². The smallest absolute Gasteiger partial charge is 0.271 e. The number of hydrogen-bond donors (Lipinski definition) is 4. The zero-order valence-electron chi connectivity index (χ0n) is 32.9. The van der Waals surface area contributed by atoms with Crippen molar-refractivity contribution < 1.29 is 36.6 Å². The maximum Gasteiger partial charge on any atom is 0.271 e. The SMILES string of the molecule is CC1(C(=O)N[C@H](c2ncc(-c3ccc(-c4ncc(-c5cnc([C@@H](NC(=O)C6(C)CCC(F)(F)CO6)C(C)(C)C)[nH]5)cn4)cc3)[nH]2)C(C)(C)C)CCC(F)(F)CO1. The molecule has 0 saturated carbocycles. The average molecular weight is 783 g/mol. The van der Waals surface area contributed by atoms with Crippen molar-refractivity contribution in [3.63, 3.8) is 0 Å². The van der Waals surface area contributed by atoms with E-state index in [0.29, 0.717) is 34.4 Å². The summed E-state index contributed by atoms with van der Waals surface area (Å²) >= 11 is 0. The van der Waals surface area contributed by atoms with Crippen LogP contribution in [0.4, 0.5) is 17.6 Å². The Morgan fingerprint density at radius 2 is 1.02 bits per heavy atom. The topological polar surface area (TPSA) is 160 Å². The number of amides is 2. The van der Waals surface area contributed by atoms with Crippen LogP contribution in [0.2, 0.25) is 0 Å². The number of imidazole rings is 2. The first-order chi connectivity index (χ1) is 26.0. The van der Waals surface area contributed by atoms with E-state index in [1.165, 1.54) is 13.8 Å². The molecule has 2 fully saturated rings. The van der Waals surface area contributed by atoms with Gasteiger partial charge in [-0.15, -0.1) is 0 Å². The van der Waals surface area contributed by atoms with Crippen LogP contribution in [-0.4, -0.2) is 78.0 Å². The number of hydrogen-bond acceptors (Lipinski definition) is 8. The molecule has 0 aliphatic carbocycles. The molecule has 2 amide bonds. The van der Waals surface area contributed by atoms with Crippen molar-refractivity contribution >= 4 is 11.8 Å². The summed E-state index contributed by atoms with van der Waals surface area (Å²) in [5.41, 5.74) is -0.0913. The van der Waals surface area contributed by atoms with Crippen molar-refractivity contribution in [3.05, 3.63) is 60.7 Å². The number of H-pyrrole nitrogens is 2. The van der Waals surface area contributed by atoms with E-state index in [2.05, 4.69) is 40.5 Å². The lowest BCUT2D eigenvalue weighted by Gasteiger charge is -2.38. The molecule has 5 heterocycles. The third-order valence-electron chi connectivity index (χ3n) is 10.5. The molecule has 4 N–H and O–H groups in total. The van der Waals surface area contributed by atoms with E-state index >= 15 is 0 Å². The molecule has 56 heavy (non-hydrogen) atoms. The summed E-state index contributed by atoms with van der Waals surface area (Å²) in [6, 6.07) is 6.43. The molecule has 3 aromatic heterocycles. The molecule has 4 atom stereocenters. The second-order valence-corrected chi connectivity index (χ2v) is 17.5. The number of carbonyl (C=O) groups excluding carboxylic acids is 2. The van der Waals surface area contributed by atoms with Gasteiger partial charge in [-0.1, -0.05) is 65.8 Å². The number of alkyl halides is 4. The second-order valence-electron chi connectivity index (χ2n) is 17.5. The fraction of sp³-hybridized carbons (Fsp3) is 0.550. The highest BCUT2D eigenvalue weighted by atomic mass is 19.3. The summed E-state index contributed by atoms with van der Waals surface area (Å²) in [5, 5.41) is 5.97. The Labute approximate surface area is 323 Å². The molecule has 12 nitrogen and oxygen atoms in total. The van der Waals surface area contributed by atoms with Crippen LogP contribution in [0.25, 0.3) is 33.9 Å². The average Bonchev–Trinajstić information content (AvgIpc) is 3.82. The molecule has 2 saturated heterocycles. The minimum atomic E-state index is -2.95. The maximum atomic E-state index is 13.7. The fourth-order valence-electron chi connectivity index (χ4n) is 6.65. The minimum Gasteiger partial charge on any atom is -0.359 e. The molecular weight excluding hydrogens is 732 g/mol. The normalized spacial score (nSPS) is 23.6. The van der Waals surface area contributed by atoms with Crippen molar-refractivity contribution in [2.24, 2.45) is 10.8 Å². The summed E-state index contributed by atoms with van der Waals surface area (Å²) in [6.45, 7) is 13.2. The number of carbonyl (C=O) groups is 2. The molecule has 0 bridgehead atoms. The van der Waals surface area contributed by atoms with E-state index in [0.717, 1.165) is 11.1 Å². The highest BCUT2D eigenvalue weighted by Gasteiger charge is 2.48. The lowest BCUT2D eigenvalue weighted by Crippen LogP contribution is -2.54. The van der Waals surface area contributed by atoms with Crippen molar-refractivity contribution in [2.45, 2.75) is 116 Å². The minimum absolute atomic E-state index is 0.0970. The number of nitrogens with one attached hydrogen (secondary N) is 4. The van der Waals surface area contributed by atoms with E-state index in [4.69, 9.17) is 9.47 Å². The van der Waals surface area contributed by atoms with Crippen molar-refractivity contribution in [2.75, 3.05) is 13.2 Å². The Morgan fingerprint density at radius 1 is 0.625 bits per heavy atom. The van der Waals surface area contributed by atoms with Gasteiger partial charge in [0.2, 0.25) is 0 Å². The summed E-state index contributed by atoms with van der Waals surface area (Å²) in [4.78, 5) is 51.5. The van der Waals surface area contributed by atoms with Gasteiger partial charge in [-0.2, -0.15) is 0 Å². The van der Waals surface area contributed by atoms with Crippen molar-refractivity contribution in [1.29, 1.82) is 0 Å². The molecule has 4 aromatic rings. The Hall–Kier alpha value is -4.70. The molecule has 2 aliphatic heterocycles. The van der Waals surface area contributed by atoms with Crippen LogP contribution in [-0.2, 0) is 19.1 Å². The molecule has 0 radical (unpaired) electrons. The Bertz CT molecular complexity index is 1870. The summed E-state index contributed by atoms with van der Waals surface area (Å²) < 4.78 is 65.6. The number of nitrogens with zero attached hydrogens (tertiary/aromatic N) is 4. The number of aromatic nitrogens is 6. The number of rotatable bonds is 9. The van der Waals surface area contributed by atoms with Gasteiger partial charge in [0.15, 0.2) is 5.82 Å². The molecule has 2 unspecified atom stereocenters. The third-order valence-corrected chi connectivity index (χ3v) is 10.5. The van der Waals surface area contributed by atoms with E-state index in [9.17, 15) is 27.2 Å². The molecule has 302 valence electrons. The van der Waals surface area contributed by atoms with E-state index in [-0.39, 0.29) is 12.8 Å². The predicted octanol–water partition coefficient (Wildman–Crippen LogP) is 7.74. The van der Waals surface area contributed by atoms with Crippen LogP contribution in [0.1, 0.15) is 105 Å². The van der Waals surface area contributed by atoms with Gasteiger partial charge in [0, 0.05) is 36.4 Å². The van der Waals surface area contributed by atoms with Crippen LogP contribution >= 0.6 is 0 Å². The van der Waals surface area contributed by atoms with Gasteiger partial charge < -0.3 is 30.1 Å². The van der Waals surface area contributed by atoms with E-state index < -0.39 is 83.8 Å². The largest absolute Gasteiger partial charge is 0.359 e. The summed E-state index contributed by atoms with van der Waals surface area (Å²) in [5.74, 6) is -5.35. The Kier molecular flexibility index (Phi) is 10.7. The summed E-state index contributed by atoms with van der Waals surface area (Å²) in [6.07, 6.45) is 5.59. The summed E-state index contributed by atoms with van der Waals surface area (Å²) in [7, 11) is 0. The van der Waals surface area contributed by atoms with Gasteiger partial charge in [0.1, 0.15) is 36.1 Å². The monoisotopic (exact) mass is 782 g/mol. The molecular formula is C40H50F4N8O4. The molecule has 0 spiro atoms. The zero-order chi connectivity index (χ0) is 40.9. The Morgan fingerprint density at radius 3 is 1.39 bits per heavy atom. The van der Waals surface area contributed by atoms with Gasteiger partial charge in [0.05, 0.1) is 35.9 Å². The van der Waals surface area contributed by atoms with Gasteiger partial charge in [0.25, 0.3) is 23.7 Å². The second kappa shape index (κ2) is 14.7. The lowest BCUT2D eigenvalue weighted by atomic mass is 9.85. The van der Waals surface area contributed by atoms with Crippen LogP contribution < -0.4 is 10.6 Å². The predicted molar refractivity (Wildman–Crippen MR) is 200 cm³/mol. The first-order valence-electron chi connectivity index (χ1n) is 18.7. The molecule has 2 aliphatic rings. The van der Waals surface area contributed by atoms with Gasteiger partial charge >= 0.3 is 0 Å². The standard InChI is InChI=1S/C40H50F4N8O4/c1-35(2,3)28(51-33(53)37(7)13-15-39(41,42)21-55-37)31-47-19-26(49-31)23-9-11-24(12-10-23)30-45-17-25(18-46-30)27-20-48-32(50-27)29(36(4,5)6)52-34(54)38(8)14-16-40(43,44)22-56-38/h9-12,17-20,28-29H,13-16,21-22H2,1-8H3,(H,47,49)(H,48,50)(H,51,53)(H,52,54)/t28-,29-,37?,38?/m1/s1. The molecule has 16 heteroatoms. The first-order valence-corrected chi connectivity index (χ1v) is 18.7. The molecule has 1 aromatic carbocycles. The zero-order valence-corrected chi connectivity index (χ0v) is 32.9. The first kappa shape index (κ1) is 40.9. The number of halogens is 4. The quantitative estimate of drug-likeness (QED) is 0.126. The van der Waals surface area contributed by atoms with Gasteiger partial charge in [-0.05, 0) is 43.1 Å². The van der Waals surface area contributed by atoms with Crippen molar-refractivity contribution in [3.8, 4) is 33.9 Å². The molecule has 6 rings (SSSR count). The fourth-order valence-corrected chi connectivity index (χ4v) is 6.65. The van der Waals surface area contributed by atoms with Crippen LogP contribution in [0, 0.1) is 10.8 Å². The highest BCUT2D eigenvalue weighted by molar-refractivity contribution is 5.86. The number of benzene rings is 1. The van der Waals surface area contributed by atoms with Crippen LogP contribution in [0.3, 0.4) is 0 Å². The van der Waals surface area contributed by atoms with Crippen molar-refractivity contribution in [1.82, 2.24) is 40.5 Å². The highest BCUT2D eigenvalue weighted by Crippen LogP contribution is 2.39. The number of ether oxygens (including phenoxy) is 2.